The van der Waals surface area contributed by atoms with Crippen molar-refractivity contribution in [2.24, 2.45) is 0 Å². The highest BCUT2D eigenvalue weighted by Crippen LogP contribution is 2.23. The van der Waals surface area contributed by atoms with Crippen molar-refractivity contribution in [3.8, 4) is 5.75 Å². The molecule has 0 saturated carbocycles. The summed E-state index contributed by atoms with van der Waals surface area (Å²) in [5, 5.41) is 8.41. The van der Waals surface area contributed by atoms with Crippen LogP contribution < -0.4 is 25.6 Å². The first kappa shape index (κ1) is 22.0. The molecule has 2 aromatic carbocycles. The first-order chi connectivity index (χ1) is 14.4. The lowest BCUT2D eigenvalue weighted by Crippen LogP contribution is -2.49. The Kier molecular flexibility index (Phi) is 7.57. The number of benzene rings is 2. The minimum absolute atomic E-state index is 0.0774. The number of hydrogen-bond acceptors (Lipinski definition) is 4. The van der Waals surface area contributed by atoms with Crippen molar-refractivity contribution in [2.75, 3.05) is 37.0 Å². The molecular formula is C22H27BrN4O3. The van der Waals surface area contributed by atoms with Crippen LogP contribution in [0.4, 0.5) is 16.2 Å². The zero-order valence-electron chi connectivity index (χ0n) is 17.2. The van der Waals surface area contributed by atoms with Crippen LogP contribution in [0.3, 0.4) is 0 Å². The van der Waals surface area contributed by atoms with Gasteiger partial charge in [0.25, 0.3) is 0 Å². The SMILES string of the molecule is COc1ccc(N2CCC(NC(=O)NCC(=O)Nc3ccc(Br)cc3C)CC2)cc1. The monoisotopic (exact) mass is 474 g/mol. The van der Waals surface area contributed by atoms with Gasteiger partial charge >= 0.3 is 6.03 Å². The normalized spacial score (nSPS) is 14.2. The molecule has 1 aliphatic heterocycles. The van der Waals surface area contributed by atoms with Crippen LogP contribution >= 0.6 is 15.9 Å². The van der Waals surface area contributed by atoms with E-state index in [2.05, 4.69) is 36.8 Å². The molecule has 3 rings (SSSR count). The molecule has 0 unspecified atom stereocenters. The number of anilines is 2. The number of halogens is 1. The van der Waals surface area contributed by atoms with E-state index in [1.807, 2.05) is 49.4 Å². The van der Waals surface area contributed by atoms with Gasteiger partial charge in [0.05, 0.1) is 13.7 Å². The van der Waals surface area contributed by atoms with Crippen LogP contribution in [0.5, 0.6) is 5.75 Å². The fraction of sp³-hybridized carbons (Fsp3) is 0.364. The second-order valence-electron chi connectivity index (χ2n) is 7.29. The quantitative estimate of drug-likeness (QED) is 0.596. The molecular weight excluding hydrogens is 448 g/mol. The average Bonchev–Trinajstić information content (AvgIpc) is 2.75. The predicted octanol–water partition coefficient (Wildman–Crippen LogP) is 3.67. The van der Waals surface area contributed by atoms with Crippen LogP contribution in [0, 0.1) is 6.92 Å². The Morgan fingerprint density at radius 1 is 1.13 bits per heavy atom. The van der Waals surface area contributed by atoms with Crippen molar-refractivity contribution >= 4 is 39.2 Å². The lowest BCUT2D eigenvalue weighted by molar-refractivity contribution is -0.115. The molecule has 7 nitrogen and oxygen atoms in total. The van der Waals surface area contributed by atoms with E-state index >= 15 is 0 Å². The molecule has 1 aliphatic rings. The fourth-order valence-electron chi connectivity index (χ4n) is 3.43. The first-order valence-electron chi connectivity index (χ1n) is 9.94. The van der Waals surface area contributed by atoms with Crippen LogP contribution in [0.1, 0.15) is 18.4 Å². The maximum Gasteiger partial charge on any atom is 0.315 e. The second-order valence-corrected chi connectivity index (χ2v) is 8.21. The van der Waals surface area contributed by atoms with Crippen LogP contribution in [0.25, 0.3) is 0 Å². The Morgan fingerprint density at radius 3 is 2.47 bits per heavy atom. The fourth-order valence-corrected chi connectivity index (χ4v) is 3.91. The van der Waals surface area contributed by atoms with Gasteiger partial charge in [0, 0.05) is 35.0 Å². The number of piperidine rings is 1. The average molecular weight is 475 g/mol. The van der Waals surface area contributed by atoms with E-state index in [1.165, 1.54) is 0 Å². The van der Waals surface area contributed by atoms with Crippen LogP contribution in [0.2, 0.25) is 0 Å². The topological polar surface area (TPSA) is 82.7 Å². The van der Waals surface area contributed by atoms with E-state index in [1.54, 1.807) is 7.11 Å². The predicted molar refractivity (Wildman–Crippen MR) is 122 cm³/mol. The molecule has 8 heteroatoms. The molecule has 0 radical (unpaired) electrons. The number of nitrogens with one attached hydrogen (secondary N) is 3. The maximum atomic E-state index is 12.2. The molecule has 2 aromatic rings. The largest absolute Gasteiger partial charge is 0.497 e. The van der Waals surface area contributed by atoms with Crippen LogP contribution in [0.15, 0.2) is 46.9 Å². The molecule has 1 fully saturated rings. The molecule has 0 spiro atoms. The summed E-state index contributed by atoms with van der Waals surface area (Å²) in [5.41, 5.74) is 2.83. The highest BCUT2D eigenvalue weighted by molar-refractivity contribution is 9.10. The van der Waals surface area contributed by atoms with E-state index in [4.69, 9.17) is 4.74 Å². The number of rotatable bonds is 6. The van der Waals surface area contributed by atoms with Gasteiger partial charge in [-0.25, -0.2) is 4.79 Å². The zero-order chi connectivity index (χ0) is 21.5. The van der Waals surface area contributed by atoms with Crippen LogP contribution in [-0.4, -0.2) is 44.7 Å². The van der Waals surface area contributed by atoms with Gasteiger partial charge in [-0.2, -0.15) is 0 Å². The number of carbonyl (C=O) groups is 2. The lowest BCUT2D eigenvalue weighted by atomic mass is 10.0. The number of aryl methyl sites for hydroxylation is 1. The van der Waals surface area contributed by atoms with E-state index < -0.39 is 0 Å². The van der Waals surface area contributed by atoms with Crippen molar-refractivity contribution in [1.82, 2.24) is 10.6 Å². The molecule has 0 bridgehead atoms. The number of nitrogens with zero attached hydrogens (tertiary/aromatic N) is 1. The first-order valence-corrected chi connectivity index (χ1v) is 10.7. The van der Waals surface area contributed by atoms with E-state index in [9.17, 15) is 9.59 Å². The minimum atomic E-state index is -0.319. The standard InChI is InChI=1S/C22H27BrN4O3/c1-15-13-16(23)3-8-20(15)26-21(28)14-24-22(29)25-17-9-11-27(12-10-17)18-4-6-19(30-2)7-5-18/h3-8,13,17H,9-12,14H2,1-2H3,(H,26,28)(H2,24,25,29). The Labute approximate surface area is 185 Å². The van der Waals surface area contributed by atoms with Gasteiger partial charge in [-0.05, 0) is 67.8 Å². The van der Waals surface area contributed by atoms with Crippen molar-refractivity contribution < 1.29 is 14.3 Å². The van der Waals surface area contributed by atoms with Gasteiger partial charge in [-0.1, -0.05) is 15.9 Å². The molecule has 0 aromatic heterocycles. The van der Waals surface area contributed by atoms with E-state index in [0.717, 1.165) is 53.1 Å². The maximum absolute atomic E-state index is 12.2. The minimum Gasteiger partial charge on any atom is -0.497 e. The zero-order valence-corrected chi connectivity index (χ0v) is 18.8. The molecule has 1 heterocycles. The lowest BCUT2D eigenvalue weighted by Gasteiger charge is -2.34. The van der Waals surface area contributed by atoms with Gasteiger partial charge in [-0.3, -0.25) is 4.79 Å². The number of methoxy groups -OCH3 is 1. The van der Waals surface area contributed by atoms with Crippen molar-refractivity contribution in [3.05, 3.63) is 52.5 Å². The second kappa shape index (κ2) is 10.3. The highest BCUT2D eigenvalue weighted by Gasteiger charge is 2.21. The molecule has 3 amide bonds. The molecule has 0 atom stereocenters. The van der Waals surface area contributed by atoms with Gasteiger partial charge in [0.2, 0.25) is 5.91 Å². The Morgan fingerprint density at radius 2 is 1.83 bits per heavy atom. The van der Waals surface area contributed by atoms with Crippen molar-refractivity contribution in [1.29, 1.82) is 0 Å². The van der Waals surface area contributed by atoms with Gasteiger partial charge in [0.1, 0.15) is 5.75 Å². The van der Waals surface area contributed by atoms with Gasteiger partial charge in [0.15, 0.2) is 0 Å². The van der Waals surface area contributed by atoms with Crippen LogP contribution in [-0.2, 0) is 4.79 Å². The number of ether oxygens (including phenoxy) is 1. The summed E-state index contributed by atoms with van der Waals surface area (Å²) >= 11 is 3.40. The number of carbonyl (C=O) groups excluding carboxylic acids is 2. The summed E-state index contributed by atoms with van der Waals surface area (Å²) in [6.07, 6.45) is 1.70. The summed E-state index contributed by atoms with van der Waals surface area (Å²) in [5.74, 6) is 0.580. The molecule has 30 heavy (non-hydrogen) atoms. The third-order valence-electron chi connectivity index (χ3n) is 5.14. The molecule has 1 saturated heterocycles. The van der Waals surface area contributed by atoms with Gasteiger partial charge in [-0.15, -0.1) is 0 Å². The molecule has 160 valence electrons. The number of urea groups is 1. The summed E-state index contributed by atoms with van der Waals surface area (Å²) in [6.45, 7) is 3.56. The summed E-state index contributed by atoms with van der Waals surface area (Å²) in [4.78, 5) is 26.6. The molecule has 3 N–H and O–H groups in total. The van der Waals surface area contributed by atoms with Crippen molar-refractivity contribution in [2.45, 2.75) is 25.8 Å². The molecule has 0 aliphatic carbocycles. The van der Waals surface area contributed by atoms with E-state index in [-0.39, 0.29) is 24.5 Å². The Hall–Kier alpha value is -2.74. The Balaban J connectivity index is 1.38. The summed E-state index contributed by atoms with van der Waals surface area (Å²) in [6, 6.07) is 13.4. The number of hydrogen-bond donors (Lipinski definition) is 3. The third-order valence-corrected chi connectivity index (χ3v) is 5.63. The third kappa shape index (κ3) is 6.13. The highest BCUT2D eigenvalue weighted by atomic mass is 79.9. The summed E-state index contributed by atoms with van der Waals surface area (Å²) in [7, 11) is 1.66. The summed E-state index contributed by atoms with van der Waals surface area (Å²) < 4.78 is 6.15. The smallest absolute Gasteiger partial charge is 0.315 e. The van der Waals surface area contributed by atoms with Gasteiger partial charge < -0.3 is 25.6 Å². The Bertz CT molecular complexity index is 880. The van der Waals surface area contributed by atoms with E-state index in [0.29, 0.717) is 0 Å². The number of amides is 3. The van der Waals surface area contributed by atoms with Crippen molar-refractivity contribution in [3.63, 3.8) is 0 Å².